The Bertz CT molecular complexity index is 2030. The van der Waals surface area contributed by atoms with Gasteiger partial charge in [0.1, 0.15) is 11.4 Å². The molecule has 0 fully saturated rings. The van der Waals surface area contributed by atoms with Crippen LogP contribution in [0.4, 0.5) is 0 Å². The number of aromatic nitrogens is 3. The molecule has 0 unspecified atom stereocenters. The summed E-state index contributed by atoms with van der Waals surface area (Å²) < 4.78 is 10.2. The Morgan fingerprint density at radius 2 is 1.87 bits per heavy atom. The van der Waals surface area contributed by atoms with Gasteiger partial charge in [0.25, 0.3) is 0 Å². The van der Waals surface area contributed by atoms with Crippen molar-refractivity contribution in [3.8, 4) is 5.75 Å². The number of allylic oxidation sites excluding steroid dienone is 1. The molecule has 0 aliphatic carbocycles. The summed E-state index contributed by atoms with van der Waals surface area (Å²) in [7, 11) is 5.69. The predicted octanol–water partition coefficient (Wildman–Crippen LogP) is 8.81. The molecule has 0 radical (unpaired) electrons. The molecule has 1 N–H and O–H groups in total. The number of aromatic carboxylic acids is 1. The first-order chi connectivity index (χ1) is 22.6. The molecule has 2 aromatic heterocycles. The number of carboxylic acid groups (broad SMARTS) is 1. The predicted molar refractivity (Wildman–Crippen MR) is 196 cm³/mol. The number of carbonyl (C=O) groups is 1. The average molecular weight is 688 g/mol. The van der Waals surface area contributed by atoms with Crippen LogP contribution in [0.25, 0.3) is 27.8 Å². The fraction of sp³-hybridized carbons (Fsp3) is 0.306. The number of benzene rings is 3. The smallest absolute Gasteiger partial charge is 0.352 e. The number of aryl methyl sites for hydroxylation is 2. The number of halogens is 1. The van der Waals surface area contributed by atoms with E-state index in [4.69, 9.17) is 21.4 Å². The third-order valence-electron chi connectivity index (χ3n) is 8.66. The van der Waals surface area contributed by atoms with E-state index in [0.717, 1.165) is 77.8 Å². The lowest BCUT2D eigenvalue weighted by Gasteiger charge is -2.16. The standard InChI is InChI=1S/C36H38ClN5O3S2/c1-22-12-14-45-32-19-27(17-24-8-6-7-9-28(24)32)47-21-26-18-25(39-42(26)5)20-46-15-13-38-41(4)23(2)16-30-31(37)11-10-29-33(22)35(36(43)44)40(3)34(29)30/h6-11,13,16-19,22H,12,14-15,20-21H2,1-5H3,(H,43,44)/b23-16+,38-13+/t22-/m1/s1. The Morgan fingerprint density at radius 3 is 2.68 bits per heavy atom. The van der Waals surface area contributed by atoms with Crippen molar-refractivity contribution in [3.05, 3.63) is 93.5 Å². The summed E-state index contributed by atoms with van der Waals surface area (Å²) in [6, 6.07) is 18.5. The van der Waals surface area contributed by atoms with Gasteiger partial charge in [-0.1, -0.05) is 48.9 Å². The van der Waals surface area contributed by atoms with E-state index in [0.29, 0.717) is 18.1 Å². The highest BCUT2D eigenvalue weighted by Gasteiger charge is 2.26. The van der Waals surface area contributed by atoms with Crippen molar-refractivity contribution in [2.45, 2.75) is 42.6 Å². The van der Waals surface area contributed by atoms with Gasteiger partial charge in [-0.3, -0.25) is 9.69 Å². The fourth-order valence-electron chi connectivity index (χ4n) is 6.12. The molecular formula is C36H38ClN5O3S2. The molecule has 8 bridgehead atoms. The van der Waals surface area contributed by atoms with E-state index in [1.165, 1.54) is 0 Å². The molecule has 8 nitrogen and oxygen atoms in total. The molecule has 1 aliphatic rings. The average Bonchev–Trinajstić information content (AvgIpc) is 3.56. The fourth-order valence-corrected chi connectivity index (χ4v) is 7.95. The van der Waals surface area contributed by atoms with Crippen LogP contribution in [0.1, 0.15) is 59.2 Å². The van der Waals surface area contributed by atoms with Crippen molar-refractivity contribution in [1.29, 1.82) is 0 Å². The van der Waals surface area contributed by atoms with E-state index in [2.05, 4.69) is 42.4 Å². The number of nitrogens with zero attached hydrogens (tertiary/aromatic N) is 5. The van der Waals surface area contributed by atoms with Crippen molar-refractivity contribution < 1.29 is 14.6 Å². The van der Waals surface area contributed by atoms with E-state index in [1.54, 1.807) is 35.1 Å². The van der Waals surface area contributed by atoms with Crippen LogP contribution in [0, 0.1) is 0 Å². The van der Waals surface area contributed by atoms with Gasteiger partial charge in [-0.05, 0) is 60.6 Å². The Morgan fingerprint density at radius 1 is 1.06 bits per heavy atom. The topological polar surface area (TPSA) is 84.9 Å². The first kappa shape index (κ1) is 33.1. The normalized spacial score (nSPS) is 18.5. The summed E-state index contributed by atoms with van der Waals surface area (Å²) in [5, 5.41) is 25.2. The number of hydrogen-bond acceptors (Lipinski definition) is 7. The maximum Gasteiger partial charge on any atom is 0.352 e. The van der Waals surface area contributed by atoms with Gasteiger partial charge in [-0.25, -0.2) is 4.79 Å². The highest BCUT2D eigenvalue weighted by molar-refractivity contribution is 7.99. The zero-order valence-electron chi connectivity index (χ0n) is 27.2. The summed E-state index contributed by atoms with van der Waals surface area (Å²) in [5.41, 5.74) is 5.66. The van der Waals surface area contributed by atoms with Crippen molar-refractivity contribution >= 4 is 75.1 Å². The van der Waals surface area contributed by atoms with Crippen LogP contribution in [-0.2, 0) is 25.6 Å². The second-order valence-electron chi connectivity index (χ2n) is 11.8. The van der Waals surface area contributed by atoms with Gasteiger partial charge in [-0.15, -0.1) is 23.5 Å². The van der Waals surface area contributed by atoms with Gasteiger partial charge >= 0.3 is 5.97 Å². The quantitative estimate of drug-likeness (QED) is 0.189. The minimum Gasteiger partial charge on any atom is -0.493 e. The van der Waals surface area contributed by atoms with Gasteiger partial charge in [-0.2, -0.15) is 10.2 Å². The number of hydrogen-bond donors (Lipinski definition) is 1. The van der Waals surface area contributed by atoms with Crippen LogP contribution in [-0.4, -0.2) is 56.1 Å². The van der Waals surface area contributed by atoms with Crippen molar-refractivity contribution in [1.82, 2.24) is 19.4 Å². The Labute approximate surface area is 288 Å². The zero-order chi connectivity index (χ0) is 33.2. The lowest BCUT2D eigenvalue weighted by molar-refractivity contribution is 0.0685. The minimum atomic E-state index is -0.970. The second kappa shape index (κ2) is 14.1. The molecule has 244 valence electrons. The number of hydrazone groups is 1. The van der Waals surface area contributed by atoms with E-state index in [1.807, 2.05) is 67.3 Å². The van der Waals surface area contributed by atoms with Gasteiger partial charge in [0.15, 0.2) is 0 Å². The van der Waals surface area contributed by atoms with Gasteiger partial charge in [0.2, 0.25) is 0 Å². The van der Waals surface area contributed by atoms with Crippen LogP contribution in [0.3, 0.4) is 0 Å². The molecule has 6 rings (SSSR count). The van der Waals surface area contributed by atoms with Crippen LogP contribution in [0.2, 0.25) is 5.02 Å². The lowest BCUT2D eigenvalue weighted by atomic mass is 9.94. The summed E-state index contributed by atoms with van der Waals surface area (Å²) in [6.45, 7) is 4.47. The zero-order valence-corrected chi connectivity index (χ0v) is 29.5. The number of fused-ring (bicyclic) bond motifs is 6. The lowest BCUT2D eigenvalue weighted by Crippen LogP contribution is -2.11. The second-order valence-corrected chi connectivity index (χ2v) is 14.3. The number of carboxylic acids is 1. The molecule has 11 heteroatoms. The molecular weight excluding hydrogens is 650 g/mol. The Hall–Kier alpha value is -3.86. The van der Waals surface area contributed by atoms with Crippen LogP contribution < -0.4 is 4.74 Å². The maximum atomic E-state index is 12.7. The summed E-state index contributed by atoms with van der Waals surface area (Å²) in [4.78, 5) is 13.8. The van der Waals surface area contributed by atoms with E-state index < -0.39 is 5.97 Å². The van der Waals surface area contributed by atoms with E-state index in [9.17, 15) is 9.90 Å². The van der Waals surface area contributed by atoms with Crippen molar-refractivity contribution in [2.75, 3.05) is 19.4 Å². The molecule has 1 atom stereocenters. The van der Waals surface area contributed by atoms with Gasteiger partial charge in [0.05, 0.1) is 17.8 Å². The largest absolute Gasteiger partial charge is 0.493 e. The minimum absolute atomic E-state index is 0.0953. The molecule has 0 amide bonds. The van der Waals surface area contributed by atoms with Gasteiger partial charge in [0, 0.05) is 82.3 Å². The Balaban J connectivity index is 1.41. The number of rotatable bonds is 1. The summed E-state index contributed by atoms with van der Waals surface area (Å²) in [6.07, 6.45) is 4.50. The van der Waals surface area contributed by atoms with Crippen LogP contribution in [0.15, 0.2) is 70.3 Å². The third-order valence-corrected chi connectivity index (χ3v) is 10.9. The SMILES string of the molecule is C/C1=C\c2c(Cl)ccc3c(c(C(=O)O)n(C)c23)[C@H](C)CCOc2cc(cc3ccccc23)SCc2cc(nn2C)CSC/C=N/N1C. The van der Waals surface area contributed by atoms with Crippen molar-refractivity contribution in [2.24, 2.45) is 19.2 Å². The summed E-state index contributed by atoms with van der Waals surface area (Å²) in [5.74, 6) is 2.06. The maximum absolute atomic E-state index is 12.7. The first-order valence-corrected chi connectivity index (χ1v) is 18.0. The third kappa shape index (κ3) is 6.91. The van der Waals surface area contributed by atoms with Gasteiger partial charge < -0.3 is 14.4 Å². The summed E-state index contributed by atoms with van der Waals surface area (Å²) >= 11 is 10.3. The van der Waals surface area contributed by atoms with E-state index in [-0.39, 0.29) is 11.6 Å². The molecule has 0 spiro atoms. The molecule has 5 aromatic rings. The molecule has 0 saturated heterocycles. The van der Waals surface area contributed by atoms with E-state index >= 15 is 0 Å². The number of thioether (sulfide) groups is 2. The first-order valence-electron chi connectivity index (χ1n) is 15.5. The molecule has 3 heterocycles. The molecule has 47 heavy (non-hydrogen) atoms. The molecule has 3 aromatic carbocycles. The molecule has 0 saturated carbocycles. The van der Waals surface area contributed by atoms with Crippen LogP contribution in [0.5, 0.6) is 5.75 Å². The van der Waals surface area contributed by atoms with Crippen LogP contribution >= 0.6 is 35.1 Å². The number of ether oxygens (including phenoxy) is 1. The Kier molecular flexibility index (Phi) is 9.91. The highest BCUT2D eigenvalue weighted by atomic mass is 35.5. The van der Waals surface area contributed by atoms with Crippen molar-refractivity contribution in [3.63, 3.8) is 0 Å². The highest BCUT2D eigenvalue weighted by Crippen LogP contribution is 2.39. The monoisotopic (exact) mass is 687 g/mol. The molecule has 1 aliphatic heterocycles.